The lowest BCUT2D eigenvalue weighted by molar-refractivity contribution is -0.149. The minimum absolute atomic E-state index is 0.00476. The van der Waals surface area contributed by atoms with E-state index in [0.29, 0.717) is 6.42 Å². The SMILES string of the molecule is CCC1CCCCCCCC/C=C\CCCCC(=O)O1. The van der Waals surface area contributed by atoms with Crippen LogP contribution in [0.1, 0.15) is 90.4 Å². The third-order valence-electron chi connectivity index (χ3n) is 4.07. The fraction of sp³-hybridized carbons (Fsp3) is 0.833. The van der Waals surface area contributed by atoms with E-state index in [1.807, 2.05) is 0 Å². The molecule has 2 heteroatoms. The van der Waals surface area contributed by atoms with Gasteiger partial charge >= 0.3 is 5.97 Å². The van der Waals surface area contributed by atoms with Gasteiger partial charge < -0.3 is 4.74 Å². The molecule has 1 aliphatic rings. The van der Waals surface area contributed by atoms with Crippen molar-refractivity contribution < 1.29 is 9.53 Å². The van der Waals surface area contributed by atoms with Crippen molar-refractivity contribution in [3.8, 4) is 0 Å². The molecule has 0 bridgehead atoms. The van der Waals surface area contributed by atoms with Crippen molar-refractivity contribution in [3.63, 3.8) is 0 Å². The van der Waals surface area contributed by atoms with Gasteiger partial charge in [-0.2, -0.15) is 0 Å². The van der Waals surface area contributed by atoms with Crippen LogP contribution in [0.2, 0.25) is 0 Å². The van der Waals surface area contributed by atoms with Crippen LogP contribution in [0.15, 0.2) is 12.2 Å². The largest absolute Gasteiger partial charge is 0.462 e. The molecule has 0 aromatic carbocycles. The summed E-state index contributed by atoms with van der Waals surface area (Å²) in [6, 6.07) is 0. The first kappa shape index (κ1) is 17.3. The highest BCUT2D eigenvalue weighted by molar-refractivity contribution is 5.69. The summed E-state index contributed by atoms with van der Waals surface area (Å²) in [5, 5.41) is 0. The van der Waals surface area contributed by atoms with Gasteiger partial charge in [0, 0.05) is 6.42 Å². The molecule has 1 unspecified atom stereocenters. The molecule has 0 aromatic heterocycles. The molecule has 0 N–H and O–H groups in total. The van der Waals surface area contributed by atoms with Gasteiger partial charge in [0.05, 0.1) is 0 Å². The third-order valence-corrected chi connectivity index (χ3v) is 4.07. The van der Waals surface area contributed by atoms with E-state index in [-0.39, 0.29) is 12.1 Å². The Kier molecular flexibility index (Phi) is 10.3. The van der Waals surface area contributed by atoms with Gasteiger partial charge in [-0.1, -0.05) is 44.8 Å². The van der Waals surface area contributed by atoms with E-state index in [1.165, 1.54) is 44.9 Å². The zero-order valence-electron chi connectivity index (χ0n) is 13.2. The van der Waals surface area contributed by atoms with Crippen LogP contribution in [0.4, 0.5) is 0 Å². The van der Waals surface area contributed by atoms with Crippen molar-refractivity contribution in [3.05, 3.63) is 12.2 Å². The zero-order valence-corrected chi connectivity index (χ0v) is 13.2. The number of esters is 1. The number of ether oxygens (including phenoxy) is 1. The summed E-state index contributed by atoms with van der Waals surface area (Å²) in [5.41, 5.74) is 0. The molecule has 1 heterocycles. The highest BCUT2D eigenvalue weighted by Gasteiger charge is 2.11. The Morgan fingerprint density at radius 1 is 0.950 bits per heavy atom. The van der Waals surface area contributed by atoms with Crippen LogP contribution < -0.4 is 0 Å². The summed E-state index contributed by atoms with van der Waals surface area (Å²) in [5.74, 6) is 0.00476. The smallest absolute Gasteiger partial charge is 0.306 e. The maximum atomic E-state index is 11.8. The number of hydrogen-bond acceptors (Lipinski definition) is 2. The van der Waals surface area contributed by atoms with Gasteiger partial charge in [0.1, 0.15) is 6.10 Å². The first-order chi connectivity index (χ1) is 9.83. The lowest BCUT2D eigenvalue weighted by Gasteiger charge is -2.16. The molecule has 0 saturated carbocycles. The average Bonchev–Trinajstić information content (AvgIpc) is 2.45. The minimum Gasteiger partial charge on any atom is -0.462 e. The monoisotopic (exact) mass is 280 g/mol. The average molecular weight is 280 g/mol. The van der Waals surface area contributed by atoms with E-state index in [4.69, 9.17) is 4.74 Å². The molecule has 20 heavy (non-hydrogen) atoms. The highest BCUT2D eigenvalue weighted by atomic mass is 16.5. The van der Waals surface area contributed by atoms with Crippen LogP contribution >= 0.6 is 0 Å². The van der Waals surface area contributed by atoms with E-state index in [0.717, 1.165) is 32.1 Å². The fourth-order valence-corrected chi connectivity index (χ4v) is 2.70. The summed E-state index contributed by atoms with van der Waals surface area (Å²) in [4.78, 5) is 11.8. The number of allylic oxidation sites excluding steroid dienone is 2. The van der Waals surface area contributed by atoms with Gasteiger partial charge in [0.15, 0.2) is 0 Å². The maximum Gasteiger partial charge on any atom is 0.306 e. The molecule has 0 saturated heterocycles. The van der Waals surface area contributed by atoms with Gasteiger partial charge in [-0.25, -0.2) is 0 Å². The molecule has 2 nitrogen and oxygen atoms in total. The third kappa shape index (κ3) is 9.17. The summed E-state index contributed by atoms with van der Waals surface area (Å²) < 4.78 is 5.57. The quantitative estimate of drug-likeness (QED) is 0.464. The predicted molar refractivity (Wildman–Crippen MR) is 84.7 cm³/mol. The van der Waals surface area contributed by atoms with E-state index in [2.05, 4.69) is 19.1 Å². The topological polar surface area (TPSA) is 26.3 Å². The zero-order chi connectivity index (χ0) is 14.5. The first-order valence-corrected chi connectivity index (χ1v) is 8.67. The van der Waals surface area contributed by atoms with E-state index >= 15 is 0 Å². The van der Waals surface area contributed by atoms with Crippen molar-refractivity contribution in [2.75, 3.05) is 0 Å². The normalized spacial score (nSPS) is 26.4. The maximum absolute atomic E-state index is 11.8. The van der Waals surface area contributed by atoms with Crippen LogP contribution in [0, 0.1) is 0 Å². The lowest BCUT2D eigenvalue weighted by atomic mass is 10.0. The molecule has 0 spiro atoms. The predicted octanol–water partition coefficient (Wildman–Crippen LogP) is 5.56. The van der Waals surface area contributed by atoms with Crippen LogP contribution in [-0.2, 0) is 9.53 Å². The molecule has 0 amide bonds. The van der Waals surface area contributed by atoms with E-state index in [9.17, 15) is 4.79 Å². The number of rotatable bonds is 1. The Hall–Kier alpha value is -0.790. The number of hydrogen-bond donors (Lipinski definition) is 0. The Bertz CT molecular complexity index is 271. The second-order valence-corrected chi connectivity index (χ2v) is 5.94. The fourth-order valence-electron chi connectivity index (χ4n) is 2.70. The molecule has 116 valence electrons. The molecular weight excluding hydrogens is 248 g/mol. The highest BCUT2D eigenvalue weighted by Crippen LogP contribution is 2.15. The van der Waals surface area contributed by atoms with E-state index in [1.54, 1.807) is 0 Å². The van der Waals surface area contributed by atoms with Gasteiger partial charge in [-0.15, -0.1) is 0 Å². The van der Waals surface area contributed by atoms with E-state index < -0.39 is 0 Å². The van der Waals surface area contributed by atoms with Crippen LogP contribution in [0.5, 0.6) is 0 Å². The summed E-state index contributed by atoms with van der Waals surface area (Å²) >= 11 is 0. The second kappa shape index (κ2) is 12.0. The molecule has 0 aliphatic carbocycles. The molecule has 0 radical (unpaired) electrons. The number of carbonyl (C=O) groups excluding carboxylic acids is 1. The van der Waals surface area contributed by atoms with Gasteiger partial charge in [-0.3, -0.25) is 4.79 Å². The van der Waals surface area contributed by atoms with Gasteiger partial charge in [-0.05, 0) is 51.4 Å². The van der Waals surface area contributed by atoms with Crippen LogP contribution in [0.3, 0.4) is 0 Å². The van der Waals surface area contributed by atoms with Crippen molar-refractivity contribution in [1.82, 2.24) is 0 Å². The van der Waals surface area contributed by atoms with Crippen molar-refractivity contribution in [2.45, 2.75) is 96.5 Å². The number of cyclic esters (lactones) is 1. The minimum atomic E-state index is 0.00476. The molecule has 1 rings (SSSR count). The molecule has 1 atom stereocenters. The van der Waals surface area contributed by atoms with Crippen LogP contribution in [0.25, 0.3) is 0 Å². The van der Waals surface area contributed by atoms with Gasteiger partial charge in [0.2, 0.25) is 0 Å². The first-order valence-electron chi connectivity index (χ1n) is 8.67. The lowest BCUT2D eigenvalue weighted by Crippen LogP contribution is -2.17. The Morgan fingerprint density at radius 3 is 2.25 bits per heavy atom. The summed E-state index contributed by atoms with van der Waals surface area (Å²) in [7, 11) is 0. The summed E-state index contributed by atoms with van der Waals surface area (Å²) in [6.45, 7) is 2.12. The Balaban J connectivity index is 2.32. The van der Waals surface area contributed by atoms with Crippen molar-refractivity contribution in [2.24, 2.45) is 0 Å². The molecular formula is C18H32O2. The molecule has 0 aromatic rings. The second-order valence-electron chi connectivity index (χ2n) is 5.94. The Morgan fingerprint density at radius 2 is 1.55 bits per heavy atom. The molecule has 1 aliphatic heterocycles. The van der Waals surface area contributed by atoms with Crippen LogP contribution in [-0.4, -0.2) is 12.1 Å². The van der Waals surface area contributed by atoms with Crippen molar-refractivity contribution >= 4 is 5.97 Å². The van der Waals surface area contributed by atoms with Crippen molar-refractivity contribution in [1.29, 1.82) is 0 Å². The van der Waals surface area contributed by atoms with Gasteiger partial charge in [0.25, 0.3) is 0 Å². The standard InChI is InChI=1S/C18H32O2/c1-2-17-15-13-11-9-7-5-3-4-6-8-10-12-14-16-18(19)20-17/h6,8,17H,2-5,7,9-16H2,1H3/b8-6-. The Labute approximate surface area is 125 Å². The number of carbonyl (C=O) groups is 1. The molecule has 0 fully saturated rings. The summed E-state index contributed by atoms with van der Waals surface area (Å²) in [6.07, 6.45) is 19.6.